The van der Waals surface area contributed by atoms with E-state index in [0.717, 1.165) is 20.4 Å². The molecule has 4 aromatic rings. The molecule has 0 bridgehead atoms. The van der Waals surface area contributed by atoms with E-state index in [0.29, 0.717) is 11.4 Å². The first-order valence-electron chi connectivity index (χ1n) is 9.74. The van der Waals surface area contributed by atoms with Crippen LogP contribution in [0.15, 0.2) is 94.5 Å². The van der Waals surface area contributed by atoms with Gasteiger partial charge in [-0.25, -0.2) is 4.79 Å². The molecule has 0 radical (unpaired) electrons. The molecule has 1 amide bonds. The van der Waals surface area contributed by atoms with Crippen molar-refractivity contribution in [3.8, 4) is 5.69 Å². The molecule has 0 atom stereocenters. The molecule has 0 saturated carbocycles. The minimum atomic E-state index is -0.744. The van der Waals surface area contributed by atoms with Gasteiger partial charge in [0.1, 0.15) is 0 Å². The Labute approximate surface area is 178 Å². The van der Waals surface area contributed by atoms with Gasteiger partial charge in [0.25, 0.3) is 11.5 Å². The topological polar surface area (TPSA) is 86.0 Å². The number of para-hydroxylation sites is 1. The molecule has 0 aliphatic heterocycles. The number of benzene rings is 3. The van der Waals surface area contributed by atoms with E-state index >= 15 is 0 Å². The highest BCUT2D eigenvalue weighted by Crippen LogP contribution is 2.09. The SMILES string of the molecule is Cc1cccc(-n2nc(C(=O)Nc3ccccc3)c(=O)n(Cc3ccccc3)c2=O)c1. The van der Waals surface area contributed by atoms with E-state index < -0.39 is 17.2 Å². The second-order valence-corrected chi connectivity index (χ2v) is 7.08. The van der Waals surface area contributed by atoms with E-state index in [1.807, 2.05) is 49.4 Å². The molecule has 154 valence electrons. The van der Waals surface area contributed by atoms with Crippen LogP contribution in [-0.2, 0) is 6.54 Å². The molecule has 0 spiro atoms. The smallest absolute Gasteiger partial charge is 0.320 e. The quantitative estimate of drug-likeness (QED) is 0.546. The van der Waals surface area contributed by atoms with E-state index in [1.165, 1.54) is 0 Å². The van der Waals surface area contributed by atoms with Crippen molar-refractivity contribution >= 4 is 11.6 Å². The maximum atomic E-state index is 13.2. The third kappa shape index (κ3) is 4.35. The zero-order valence-electron chi connectivity index (χ0n) is 16.9. The van der Waals surface area contributed by atoms with Crippen molar-refractivity contribution in [3.63, 3.8) is 0 Å². The lowest BCUT2D eigenvalue weighted by Gasteiger charge is -2.13. The van der Waals surface area contributed by atoms with Gasteiger partial charge >= 0.3 is 5.69 Å². The molecule has 0 aliphatic rings. The molecule has 0 aliphatic carbocycles. The molecule has 4 rings (SSSR count). The zero-order valence-corrected chi connectivity index (χ0v) is 16.9. The number of rotatable bonds is 5. The standard InChI is InChI=1S/C24H20N4O3/c1-17-9-8-14-20(15-17)28-24(31)27(16-18-10-4-2-5-11-18)23(30)21(26-28)22(29)25-19-12-6-3-7-13-19/h2-15H,16H2,1H3,(H,25,29). The van der Waals surface area contributed by atoms with E-state index in [4.69, 9.17) is 0 Å². The van der Waals surface area contributed by atoms with Gasteiger partial charge in [0.2, 0.25) is 5.69 Å². The Morgan fingerprint density at radius 3 is 2.26 bits per heavy atom. The molecule has 0 unspecified atom stereocenters. The van der Waals surface area contributed by atoms with Crippen molar-refractivity contribution in [2.24, 2.45) is 0 Å². The minimum absolute atomic E-state index is 0.0262. The van der Waals surface area contributed by atoms with Crippen LogP contribution in [0.2, 0.25) is 0 Å². The molecule has 1 N–H and O–H groups in total. The summed E-state index contributed by atoms with van der Waals surface area (Å²) in [5.41, 5.74) is 0.959. The Morgan fingerprint density at radius 1 is 0.903 bits per heavy atom. The maximum Gasteiger partial charge on any atom is 0.352 e. The molecule has 7 heteroatoms. The zero-order chi connectivity index (χ0) is 21.8. The number of amides is 1. The molecular formula is C24H20N4O3. The van der Waals surface area contributed by atoms with Gasteiger partial charge in [0.05, 0.1) is 12.2 Å². The lowest BCUT2D eigenvalue weighted by atomic mass is 10.2. The second kappa shape index (κ2) is 8.62. The van der Waals surface area contributed by atoms with Crippen LogP contribution in [-0.4, -0.2) is 20.3 Å². The van der Waals surface area contributed by atoms with Crippen LogP contribution in [0.25, 0.3) is 5.69 Å². The summed E-state index contributed by atoms with van der Waals surface area (Å²) in [6, 6.07) is 25.0. The fraction of sp³-hybridized carbons (Fsp3) is 0.0833. The van der Waals surface area contributed by atoms with Gasteiger partial charge in [-0.15, -0.1) is 0 Å². The summed E-state index contributed by atoms with van der Waals surface area (Å²) in [5.74, 6) is -0.681. The van der Waals surface area contributed by atoms with Gasteiger partial charge in [-0.3, -0.25) is 14.2 Å². The summed E-state index contributed by atoms with van der Waals surface area (Å²) >= 11 is 0. The highest BCUT2D eigenvalue weighted by Gasteiger charge is 2.20. The van der Waals surface area contributed by atoms with Gasteiger partial charge in [-0.1, -0.05) is 60.7 Å². The number of aromatic nitrogens is 3. The van der Waals surface area contributed by atoms with Gasteiger partial charge in [0.15, 0.2) is 0 Å². The molecule has 7 nitrogen and oxygen atoms in total. The predicted molar refractivity (Wildman–Crippen MR) is 119 cm³/mol. The van der Waals surface area contributed by atoms with Crippen molar-refractivity contribution in [1.29, 1.82) is 0 Å². The lowest BCUT2D eigenvalue weighted by molar-refractivity contribution is 0.101. The first-order valence-corrected chi connectivity index (χ1v) is 9.74. The van der Waals surface area contributed by atoms with Crippen LogP contribution in [0.1, 0.15) is 21.6 Å². The number of anilines is 1. The maximum absolute atomic E-state index is 13.2. The molecule has 0 fully saturated rings. The Kier molecular flexibility index (Phi) is 5.57. The normalized spacial score (nSPS) is 10.6. The van der Waals surface area contributed by atoms with E-state index in [2.05, 4.69) is 10.4 Å². The average Bonchev–Trinajstić information content (AvgIpc) is 2.78. The summed E-state index contributed by atoms with van der Waals surface area (Å²) in [6.45, 7) is 1.91. The van der Waals surface area contributed by atoms with Crippen LogP contribution in [0.5, 0.6) is 0 Å². The van der Waals surface area contributed by atoms with Crippen LogP contribution < -0.4 is 16.6 Å². The molecule has 3 aromatic carbocycles. The molecule has 1 heterocycles. The van der Waals surface area contributed by atoms with Crippen molar-refractivity contribution in [2.75, 3.05) is 5.32 Å². The Bertz CT molecular complexity index is 1340. The lowest BCUT2D eigenvalue weighted by Crippen LogP contribution is -2.45. The number of nitrogens with one attached hydrogen (secondary N) is 1. The number of aryl methyl sites for hydroxylation is 1. The average molecular weight is 412 g/mol. The number of carbonyl (C=O) groups is 1. The third-order valence-electron chi connectivity index (χ3n) is 4.74. The molecule has 1 aromatic heterocycles. The summed E-state index contributed by atoms with van der Waals surface area (Å²) in [6.07, 6.45) is 0. The first-order chi connectivity index (χ1) is 15.0. The van der Waals surface area contributed by atoms with Crippen LogP contribution in [0.3, 0.4) is 0 Å². The Morgan fingerprint density at radius 2 is 1.58 bits per heavy atom. The minimum Gasteiger partial charge on any atom is -0.320 e. The van der Waals surface area contributed by atoms with Crippen molar-refractivity contribution < 1.29 is 4.79 Å². The Balaban J connectivity index is 1.86. The highest BCUT2D eigenvalue weighted by molar-refractivity contribution is 6.02. The van der Waals surface area contributed by atoms with Crippen molar-refractivity contribution in [1.82, 2.24) is 14.3 Å². The van der Waals surface area contributed by atoms with Crippen molar-refractivity contribution in [2.45, 2.75) is 13.5 Å². The fourth-order valence-electron chi connectivity index (χ4n) is 3.20. The Hall–Kier alpha value is -4.26. The van der Waals surface area contributed by atoms with Crippen LogP contribution in [0.4, 0.5) is 5.69 Å². The second-order valence-electron chi connectivity index (χ2n) is 7.08. The predicted octanol–water partition coefficient (Wildman–Crippen LogP) is 3.00. The van der Waals surface area contributed by atoms with Crippen LogP contribution >= 0.6 is 0 Å². The van der Waals surface area contributed by atoms with E-state index in [9.17, 15) is 14.4 Å². The largest absolute Gasteiger partial charge is 0.352 e. The third-order valence-corrected chi connectivity index (χ3v) is 4.74. The number of hydrogen-bond acceptors (Lipinski definition) is 4. The summed E-state index contributed by atoms with van der Waals surface area (Å²) in [5, 5.41) is 6.81. The molecule has 31 heavy (non-hydrogen) atoms. The van der Waals surface area contributed by atoms with Gasteiger partial charge in [-0.05, 0) is 42.3 Å². The van der Waals surface area contributed by atoms with Gasteiger partial charge in [-0.2, -0.15) is 9.78 Å². The number of hydrogen-bond donors (Lipinski definition) is 1. The van der Waals surface area contributed by atoms with Crippen molar-refractivity contribution in [3.05, 3.63) is 123 Å². The summed E-state index contributed by atoms with van der Waals surface area (Å²) in [4.78, 5) is 39.2. The molecular weight excluding hydrogens is 392 g/mol. The summed E-state index contributed by atoms with van der Waals surface area (Å²) < 4.78 is 2.13. The fourth-order valence-corrected chi connectivity index (χ4v) is 3.20. The molecule has 0 saturated heterocycles. The summed E-state index contributed by atoms with van der Waals surface area (Å²) in [7, 11) is 0. The van der Waals surface area contributed by atoms with Gasteiger partial charge in [0, 0.05) is 5.69 Å². The number of nitrogens with zero attached hydrogens (tertiary/aromatic N) is 3. The van der Waals surface area contributed by atoms with Crippen LogP contribution in [0, 0.1) is 6.92 Å². The van der Waals surface area contributed by atoms with E-state index in [1.54, 1.807) is 42.5 Å². The highest BCUT2D eigenvalue weighted by atomic mass is 16.2. The monoisotopic (exact) mass is 412 g/mol. The van der Waals surface area contributed by atoms with E-state index in [-0.39, 0.29) is 12.2 Å². The van der Waals surface area contributed by atoms with Gasteiger partial charge < -0.3 is 5.32 Å². The first kappa shape index (κ1) is 20.0. The number of carbonyl (C=O) groups excluding carboxylic acids is 1.